The van der Waals surface area contributed by atoms with Crippen molar-refractivity contribution in [2.45, 2.75) is 32.6 Å². The third-order valence-corrected chi connectivity index (χ3v) is 10.1. The zero-order valence-corrected chi connectivity index (χ0v) is 29.4. The number of aromatic nitrogens is 2. The van der Waals surface area contributed by atoms with Gasteiger partial charge in [-0.15, -0.1) is 0 Å². The highest BCUT2D eigenvalue weighted by atomic mass is 16.3. The number of fused-ring (bicyclic) bond motifs is 5. The van der Waals surface area contributed by atoms with E-state index in [4.69, 9.17) is 0 Å². The Labute approximate surface area is 308 Å². The number of benzene rings is 4. The molecule has 4 aromatic carbocycles. The van der Waals surface area contributed by atoms with Crippen LogP contribution in [0.15, 0.2) is 84.0 Å². The molecule has 6 N–H and O–H groups in total. The number of nitrogens with zero attached hydrogens (tertiary/aromatic N) is 3. The van der Waals surface area contributed by atoms with Crippen LogP contribution in [0.1, 0.15) is 59.1 Å². The first-order valence-electron chi connectivity index (χ1n) is 17.6. The summed E-state index contributed by atoms with van der Waals surface area (Å²) in [5.74, 6) is -1.20. The maximum absolute atomic E-state index is 13.9. The fraction of sp³-hybridized carbons (Fsp3) is 0.200. The van der Waals surface area contributed by atoms with E-state index in [1.807, 2.05) is 24.3 Å². The molecule has 2 atom stereocenters. The van der Waals surface area contributed by atoms with Crippen LogP contribution in [0, 0.1) is 5.92 Å². The van der Waals surface area contributed by atoms with E-state index in [0.29, 0.717) is 45.9 Å². The molecule has 0 spiro atoms. The fourth-order valence-electron chi connectivity index (χ4n) is 7.38. The van der Waals surface area contributed by atoms with Crippen LogP contribution in [0.2, 0.25) is 0 Å². The third-order valence-electron chi connectivity index (χ3n) is 10.1. The predicted molar refractivity (Wildman–Crippen MR) is 206 cm³/mol. The monoisotopic (exact) mass is 724 g/mol. The summed E-state index contributed by atoms with van der Waals surface area (Å²) in [6.07, 6.45) is 2.29. The Morgan fingerprint density at radius 1 is 0.889 bits per heavy atom. The SMILES string of the molecule is CCC1CN(C(=O)c2cc3cc(NC(=O)c4cc5cc(NC(=O)N/N=C/CN6C(=O)CC(C)C6=O)ccc5[nH]4)ccc3[nH]2)c2cc(O)c3ccccc3c21. The van der Waals surface area contributed by atoms with Crippen LogP contribution in [0.3, 0.4) is 0 Å². The van der Waals surface area contributed by atoms with Gasteiger partial charge in [0.05, 0.1) is 12.2 Å². The second-order valence-corrected chi connectivity index (χ2v) is 13.6. The number of H-pyrrole nitrogens is 2. The average molecular weight is 725 g/mol. The first kappa shape index (κ1) is 34.1. The van der Waals surface area contributed by atoms with Gasteiger partial charge in [-0.2, -0.15) is 5.10 Å². The van der Waals surface area contributed by atoms with Crippen molar-refractivity contribution in [1.82, 2.24) is 20.3 Å². The molecule has 1 saturated heterocycles. The van der Waals surface area contributed by atoms with Crippen molar-refractivity contribution in [1.29, 1.82) is 0 Å². The Bertz CT molecular complexity index is 2570. The van der Waals surface area contributed by atoms with Crippen molar-refractivity contribution in [2.75, 3.05) is 28.6 Å². The highest BCUT2D eigenvalue weighted by Crippen LogP contribution is 2.46. The molecule has 272 valence electrons. The number of likely N-dealkylation sites (tertiary alicyclic amines) is 1. The number of hydrazone groups is 1. The number of urea groups is 1. The molecule has 14 heteroatoms. The van der Waals surface area contributed by atoms with Crippen LogP contribution in [0.4, 0.5) is 21.9 Å². The van der Waals surface area contributed by atoms with Gasteiger partial charge in [0, 0.05) is 75.6 Å². The van der Waals surface area contributed by atoms with Gasteiger partial charge in [-0.1, -0.05) is 38.1 Å². The lowest BCUT2D eigenvalue weighted by Crippen LogP contribution is -2.32. The molecule has 8 rings (SSSR count). The maximum atomic E-state index is 13.9. The number of rotatable bonds is 8. The van der Waals surface area contributed by atoms with Gasteiger partial charge in [0.15, 0.2) is 0 Å². The van der Waals surface area contributed by atoms with Gasteiger partial charge in [-0.25, -0.2) is 10.2 Å². The molecule has 0 saturated carbocycles. The first-order chi connectivity index (χ1) is 26.1. The molecule has 14 nitrogen and oxygen atoms in total. The lowest BCUT2D eigenvalue weighted by Gasteiger charge is -2.17. The zero-order chi connectivity index (χ0) is 37.7. The highest BCUT2D eigenvalue weighted by Gasteiger charge is 2.36. The van der Waals surface area contributed by atoms with Crippen molar-refractivity contribution < 1.29 is 29.1 Å². The van der Waals surface area contributed by atoms with E-state index < -0.39 is 6.03 Å². The second kappa shape index (κ2) is 13.5. The van der Waals surface area contributed by atoms with E-state index in [-0.39, 0.29) is 54.2 Å². The number of phenolic OH excluding ortho intramolecular Hbond substituents is 1. The summed E-state index contributed by atoms with van der Waals surface area (Å²) in [6.45, 7) is 4.27. The Kier molecular flexibility index (Phi) is 8.56. The summed E-state index contributed by atoms with van der Waals surface area (Å²) in [7, 11) is 0. The molecular formula is C40H36N8O6. The van der Waals surface area contributed by atoms with Crippen LogP contribution in [0.5, 0.6) is 5.75 Å². The molecule has 2 aliphatic rings. The molecule has 4 heterocycles. The summed E-state index contributed by atoms with van der Waals surface area (Å²) in [5, 5.41) is 23.3. The summed E-state index contributed by atoms with van der Waals surface area (Å²) in [4.78, 5) is 72.6. The number of carbonyl (C=O) groups is 5. The van der Waals surface area contributed by atoms with E-state index in [9.17, 15) is 29.1 Å². The van der Waals surface area contributed by atoms with Crippen molar-refractivity contribution in [2.24, 2.45) is 11.0 Å². The lowest BCUT2D eigenvalue weighted by atomic mass is 9.93. The summed E-state index contributed by atoms with van der Waals surface area (Å²) < 4.78 is 0. The molecule has 2 unspecified atom stereocenters. The van der Waals surface area contributed by atoms with Crippen LogP contribution in [-0.4, -0.2) is 68.9 Å². The molecule has 1 fully saturated rings. The number of aromatic hydroxyl groups is 1. The smallest absolute Gasteiger partial charge is 0.339 e. The molecule has 2 aliphatic heterocycles. The van der Waals surface area contributed by atoms with E-state index >= 15 is 0 Å². The minimum Gasteiger partial charge on any atom is -0.507 e. The number of phenols is 1. The van der Waals surface area contributed by atoms with Gasteiger partial charge < -0.3 is 30.6 Å². The molecule has 54 heavy (non-hydrogen) atoms. The van der Waals surface area contributed by atoms with E-state index in [1.165, 1.54) is 6.21 Å². The van der Waals surface area contributed by atoms with Gasteiger partial charge in [0.1, 0.15) is 17.1 Å². The number of imide groups is 1. The minimum absolute atomic E-state index is 0.0272. The van der Waals surface area contributed by atoms with Crippen LogP contribution >= 0.6 is 0 Å². The Balaban J connectivity index is 0.923. The molecule has 2 aromatic heterocycles. The minimum atomic E-state index is -0.625. The molecular weight excluding hydrogens is 688 g/mol. The van der Waals surface area contributed by atoms with Crippen LogP contribution in [-0.2, 0) is 9.59 Å². The molecule has 0 bridgehead atoms. The quantitative estimate of drug-likeness (QED) is 0.0596. The maximum Gasteiger partial charge on any atom is 0.339 e. The zero-order valence-electron chi connectivity index (χ0n) is 29.4. The Morgan fingerprint density at radius 3 is 2.24 bits per heavy atom. The van der Waals surface area contributed by atoms with Crippen LogP contribution in [0.25, 0.3) is 32.6 Å². The first-order valence-corrected chi connectivity index (χ1v) is 17.6. The van der Waals surface area contributed by atoms with Crippen molar-refractivity contribution in [3.05, 3.63) is 95.8 Å². The number of aromatic amines is 2. The number of carbonyl (C=O) groups excluding carboxylic acids is 5. The topological polar surface area (TPSA) is 192 Å². The van der Waals surface area contributed by atoms with E-state index in [1.54, 1.807) is 66.4 Å². The van der Waals surface area contributed by atoms with Gasteiger partial charge in [0.2, 0.25) is 11.8 Å². The standard InChI is InChI=1S/C40H36N8O6/c1-3-22-20-48(33-19-34(49)27-6-4-5-7-28(27)36(22)33)39(53)32-18-24-15-25(8-10-30(24)45-32)42-37(51)31-17-23-16-26(9-11-29(23)44-31)43-40(54)46-41-12-13-47-35(50)14-21(2)38(47)52/h4-12,15-19,21-22,44-45,49H,3,13-14,20H2,1-2H3,(H,42,51)(H2,43,46,54)/b41-12+. The van der Waals surface area contributed by atoms with Gasteiger partial charge in [-0.05, 0) is 65.9 Å². The van der Waals surface area contributed by atoms with Crippen molar-refractivity contribution >= 4 is 85.5 Å². The number of nitrogens with one attached hydrogen (secondary N) is 5. The lowest BCUT2D eigenvalue weighted by molar-refractivity contribution is -0.138. The molecule has 6 amide bonds. The summed E-state index contributed by atoms with van der Waals surface area (Å²) >= 11 is 0. The predicted octanol–water partition coefficient (Wildman–Crippen LogP) is 6.42. The molecule has 0 aliphatic carbocycles. The van der Waals surface area contributed by atoms with Gasteiger partial charge in [0.25, 0.3) is 11.8 Å². The second-order valence-electron chi connectivity index (χ2n) is 13.6. The molecule has 0 radical (unpaired) electrons. The van der Waals surface area contributed by atoms with Crippen molar-refractivity contribution in [3.63, 3.8) is 0 Å². The van der Waals surface area contributed by atoms with Crippen LogP contribution < -0.4 is 21.0 Å². The third kappa shape index (κ3) is 6.16. The number of hydrogen-bond acceptors (Lipinski definition) is 7. The van der Waals surface area contributed by atoms with E-state index in [2.05, 4.69) is 38.1 Å². The summed E-state index contributed by atoms with van der Waals surface area (Å²) in [5.41, 5.74) is 7.19. The Hall–Kier alpha value is -6.96. The Morgan fingerprint density at radius 2 is 1.56 bits per heavy atom. The molecule has 6 aromatic rings. The van der Waals surface area contributed by atoms with Gasteiger partial charge in [-0.3, -0.25) is 24.1 Å². The number of amides is 6. The van der Waals surface area contributed by atoms with Crippen molar-refractivity contribution in [3.8, 4) is 5.75 Å². The highest BCUT2D eigenvalue weighted by molar-refractivity contribution is 6.12. The number of hydrogen-bond donors (Lipinski definition) is 6. The largest absolute Gasteiger partial charge is 0.507 e. The average Bonchev–Trinajstić information content (AvgIpc) is 3.93. The summed E-state index contributed by atoms with van der Waals surface area (Å²) in [6, 6.07) is 22.6. The number of anilines is 3. The fourth-order valence-corrected chi connectivity index (χ4v) is 7.38. The van der Waals surface area contributed by atoms with Gasteiger partial charge >= 0.3 is 6.03 Å². The van der Waals surface area contributed by atoms with E-state index in [0.717, 1.165) is 38.6 Å². The normalized spacial score (nSPS) is 16.9.